The summed E-state index contributed by atoms with van der Waals surface area (Å²) in [6, 6.07) is 9.10. The Balaban J connectivity index is 1.78. The largest absolute Gasteiger partial charge is 0.484 e. The number of nitrogens with one attached hydrogen (secondary N) is 3. The van der Waals surface area contributed by atoms with Gasteiger partial charge in [0.1, 0.15) is 17.5 Å². The van der Waals surface area contributed by atoms with Gasteiger partial charge in [0, 0.05) is 24.2 Å². The van der Waals surface area contributed by atoms with E-state index in [2.05, 4.69) is 15.6 Å². The first-order valence-corrected chi connectivity index (χ1v) is 10.0. The van der Waals surface area contributed by atoms with E-state index < -0.39 is 0 Å². The molecule has 3 N–H and O–H groups in total. The second-order valence-electron chi connectivity index (χ2n) is 7.12. The third-order valence-electron chi connectivity index (χ3n) is 5.06. The van der Waals surface area contributed by atoms with E-state index in [0.717, 1.165) is 31.2 Å². The lowest BCUT2D eigenvalue weighted by Gasteiger charge is -2.22. The van der Waals surface area contributed by atoms with Gasteiger partial charge in [-0.3, -0.25) is 9.59 Å². The molecule has 0 saturated heterocycles. The average molecular weight is 404 g/mol. The van der Waals surface area contributed by atoms with Crippen LogP contribution in [0.2, 0.25) is 5.02 Å². The van der Waals surface area contributed by atoms with E-state index in [1.165, 1.54) is 13.5 Å². The van der Waals surface area contributed by atoms with Crippen molar-refractivity contribution >= 4 is 23.4 Å². The molecule has 0 spiro atoms. The van der Waals surface area contributed by atoms with Crippen molar-refractivity contribution in [1.82, 2.24) is 15.6 Å². The number of aromatic nitrogens is 1. The van der Waals surface area contributed by atoms with Crippen molar-refractivity contribution in [1.29, 1.82) is 0 Å². The Morgan fingerprint density at radius 2 is 1.82 bits per heavy atom. The lowest BCUT2D eigenvalue weighted by atomic mass is 9.95. The van der Waals surface area contributed by atoms with Gasteiger partial charge in [-0.05, 0) is 37.5 Å². The molecule has 7 heteroatoms. The van der Waals surface area contributed by atoms with Gasteiger partial charge in [-0.15, -0.1) is 0 Å². The van der Waals surface area contributed by atoms with Gasteiger partial charge in [-0.1, -0.05) is 43.0 Å². The molecule has 28 heavy (non-hydrogen) atoms. The van der Waals surface area contributed by atoms with Crippen LogP contribution < -0.4 is 15.4 Å². The maximum Gasteiger partial charge on any atom is 0.271 e. The molecule has 1 fully saturated rings. The first-order chi connectivity index (χ1) is 13.5. The Labute approximate surface area is 170 Å². The number of hydrogen-bond donors (Lipinski definition) is 3. The maximum atomic E-state index is 12.6. The molecule has 1 aromatic carbocycles. The number of aromatic amines is 1. The molecule has 1 aliphatic rings. The van der Waals surface area contributed by atoms with E-state index in [1.807, 2.05) is 19.1 Å². The summed E-state index contributed by atoms with van der Waals surface area (Å²) in [4.78, 5) is 27.8. The van der Waals surface area contributed by atoms with Crippen LogP contribution >= 0.6 is 11.6 Å². The second-order valence-corrected chi connectivity index (χ2v) is 7.56. The molecule has 2 aromatic rings. The number of carbonyl (C=O) groups is 2. The van der Waals surface area contributed by atoms with Gasteiger partial charge in [0.25, 0.3) is 11.8 Å². The lowest BCUT2D eigenvalue weighted by molar-refractivity contribution is 0.0923. The summed E-state index contributed by atoms with van der Waals surface area (Å²) in [6.07, 6.45) is 5.15. The minimum Gasteiger partial charge on any atom is -0.484 e. The first kappa shape index (κ1) is 20.3. The SMILES string of the molecule is CNC(=O)c1[nH]c(C(=O)NC2CCCCC2)cc1OC(C)c1ccc(Cl)cc1. The van der Waals surface area contributed by atoms with Crippen molar-refractivity contribution in [2.45, 2.75) is 51.2 Å². The first-order valence-electron chi connectivity index (χ1n) is 9.66. The molecular weight excluding hydrogens is 378 g/mol. The van der Waals surface area contributed by atoms with Gasteiger partial charge in [-0.2, -0.15) is 0 Å². The molecule has 0 aliphatic heterocycles. The Kier molecular flexibility index (Phi) is 6.62. The molecular formula is C21H26ClN3O3. The third-order valence-corrected chi connectivity index (χ3v) is 5.32. The van der Waals surface area contributed by atoms with Crippen LogP contribution in [0.1, 0.15) is 71.7 Å². The molecule has 1 aromatic heterocycles. The number of benzene rings is 1. The Morgan fingerprint density at radius 1 is 1.14 bits per heavy atom. The fraction of sp³-hybridized carbons (Fsp3) is 0.429. The van der Waals surface area contributed by atoms with Crippen molar-refractivity contribution < 1.29 is 14.3 Å². The summed E-state index contributed by atoms with van der Waals surface area (Å²) in [5.74, 6) is -0.211. The summed E-state index contributed by atoms with van der Waals surface area (Å²) in [5.41, 5.74) is 1.47. The van der Waals surface area contributed by atoms with Gasteiger partial charge < -0.3 is 20.4 Å². The number of amides is 2. The molecule has 0 bridgehead atoms. The van der Waals surface area contributed by atoms with Gasteiger partial charge in [0.2, 0.25) is 0 Å². The highest BCUT2D eigenvalue weighted by molar-refractivity contribution is 6.30. The minimum atomic E-state index is -0.338. The Bertz CT molecular complexity index is 826. The predicted octanol–water partition coefficient (Wildman–Crippen LogP) is 4.23. The zero-order valence-electron chi connectivity index (χ0n) is 16.2. The fourth-order valence-electron chi connectivity index (χ4n) is 3.45. The highest BCUT2D eigenvalue weighted by atomic mass is 35.5. The molecule has 0 radical (unpaired) electrons. The second kappa shape index (κ2) is 9.15. The van der Waals surface area contributed by atoms with Gasteiger partial charge >= 0.3 is 0 Å². The summed E-state index contributed by atoms with van der Waals surface area (Å²) >= 11 is 5.94. The van der Waals surface area contributed by atoms with Crippen molar-refractivity contribution in [3.05, 3.63) is 52.3 Å². The smallest absolute Gasteiger partial charge is 0.271 e. The van der Waals surface area contributed by atoms with E-state index in [1.54, 1.807) is 18.2 Å². The fourth-order valence-corrected chi connectivity index (χ4v) is 3.57. The van der Waals surface area contributed by atoms with Crippen molar-refractivity contribution in [2.75, 3.05) is 7.05 Å². The molecule has 1 saturated carbocycles. The number of carbonyl (C=O) groups excluding carboxylic acids is 2. The van der Waals surface area contributed by atoms with Gasteiger partial charge in [-0.25, -0.2) is 0 Å². The third kappa shape index (κ3) is 4.87. The monoisotopic (exact) mass is 403 g/mol. The van der Waals surface area contributed by atoms with Crippen LogP contribution in [-0.2, 0) is 0 Å². The van der Waals surface area contributed by atoms with Gasteiger partial charge in [0.05, 0.1) is 0 Å². The zero-order chi connectivity index (χ0) is 20.1. The number of H-pyrrole nitrogens is 1. The molecule has 2 amide bonds. The van der Waals surface area contributed by atoms with Crippen molar-refractivity contribution in [3.8, 4) is 5.75 Å². The van der Waals surface area contributed by atoms with Crippen LogP contribution in [0.15, 0.2) is 30.3 Å². The van der Waals surface area contributed by atoms with Crippen molar-refractivity contribution in [3.63, 3.8) is 0 Å². The normalized spacial score (nSPS) is 15.7. The minimum absolute atomic E-state index is 0.186. The topological polar surface area (TPSA) is 83.2 Å². The number of rotatable bonds is 6. The van der Waals surface area contributed by atoms with Gasteiger partial charge in [0.15, 0.2) is 5.75 Å². The molecule has 1 heterocycles. The zero-order valence-corrected chi connectivity index (χ0v) is 16.9. The standard InChI is InChI=1S/C21H26ClN3O3/c1-13(14-8-10-15(22)11-9-14)28-18-12-17(25-19(18)21(27)23-2)20(26)24-16-6-4-3-5-7-16/h8-13,16,25H,3-7H2,1-2H3,(H,23,27)(H,24,26). The van der Waals surface area contributed by atoms with Crippen molar-refractivity contribution in [2.24, 2.45) is 0 Å². The number of halogens is 1. The van der Waals surface area contributed by atoms with Crippen LogP contribution in [0.25, 0.3) is 0 Å². The summed E-state index contributed by atoms with van der Waals surface area (Å²) in [7, 11) is 1.54. The number of ether oxygens (including phenoxy) is 1. The molecule has 150 valence electrons. The highest BCUT2D eigenvalue weighted by Gasteiger charge is 2.23. The van der Waals surface area contributed by atoms with Crippen LogP contribution in [0.5, 0.6) is 5.75 Å². The van der Waals surface area contributed by atoms with Crippen LogP contribution in [0.3, 0.4) is 0 Å². The number of hydrogen-bond acceptors (Lipinski definition) is 3. The van der Waals surface area contributed by atoms with E-state index in [9.17, 15) is 9.59 Å². The van der Waals surface area contributed by atoms with E-state index in [-0.39, 0.29) is 29.7 Å². The summed E-state index contributed by atoms with van der Waals surface area (Å²) < 4.78 is 6.00. The predicted molar refractivity (Wildman–Crippen MR) is 109 cm³/mol. The van der Waals surface area contributed by atoms with E-state index >= 15 is 0 Å². The summed E-state index contributed by atoms with van der Waals surface area (Å²) in [5, 5.41) is 6.27. The highest BCUT2D eigenvalue weighted by Crippen LogP contribution is 2.27. The van der Waals surface area contributed by atoms with E-state index in [0.29, 0.717) is 16.5 Å². The Hall–Kier alpha value is -2.47. The maximum absolute atomic E-state index is 12.6. The average Bonchev–Trinajstić information content (AvgIpc) is 3.12. The molecule has 3 rings (SSSR count). The Morgan fingerprint density at radius 3 is 2.46 bits per heavy atom. The van der Waals surface area contributed by atoms with Crippen LogP contribution in [-0.4, -0.2) is 29.9 Å². The molecule has 6 nitrogen and oxygen atoms in total. The lowest BCUT2D eigenvalue weighted by Crippen LogP contribution is -2.36. The molecule has 1 unspecified atom stereocenters. The van der Waals surface area contributed by atoms with Crippen LogP contribution in [0, 0.1) is 0 Å². The molecule has 1 aliphatic carbocycles. The molecule has 1 atom stereocenters. The van der Waals surface area contributed by atoms with Crippen LogP contribution in [0.4, 0.5) is 0 Å². The quantitative estimate of drug-likeness (QED) is 0.674. The summed E-state index contributed by atoms with van der Waals surface area (Å²) in [6.45, 7) is 1.88. The van der Waals surface area contributed by atoms with E-state index in [4.69, 9.17) is 16.3 Å².